The van der Waals surface area contributed by atoms with Gasteiger partial charge in [-0.05, 0) is 63.6 Å². The Hall–Kier alpha value is -2.81. The van der Waals surface area contributed by atoms with E-state index >= 15 is 0 Å². The third-order valence-corrected chi connectivity index (χ3v) is 7.30. The summed E-state index contributed by atoms with van der Waals surface area (Å²) in [4.78, 5) is 31.9. The Balaban J connectivity index is 1.39. The molecule has 1 aromatic carbocycles. The Morgan fingerprint density at radius 2 is 1.91 bits per heavy atom. The van der Waals surface area contributed by atoms with Gasteiger partial charge in [-0.1, -0.05) is 11.6 Å². The fraction of sp³-hybridized carbons (Fsp3) is 0.480. The van der Waals surface area contributed by atoms with E-state index in [2.05, 4.69) is 10.3 Å². The first kappa shape index (κ1) is 25.3. The van der Waals surface area contributed by atoms with Crippen LogP contribution in [0.2, 0.25) is 5.02 Å². The zero-order valence-electron chi connectivity index (χ0n) is 19.7. The molecule has 35 heavy (non-hydrogen) atoms. The number of benzene rings is 1. The molecule has 2 heterocycles. The van der Waals surface area contributed by atoms with Gasteiger partial charge in [-0.2, -0.15) is 13.2 Å². The summed E-state index contributed by atoms with van der Waals surface area (Å²) in [5.74, 6) is 0.0655. The normalized spacial score (nSPS) is 21.6. The molecule has 0 saturated heterocycles. The van der Waals surface area contributed by atoms with Crippen molar-refractivity contribution >= 4 is 29.1 Å². The Morgan fingerprint density at radius 1 is 1.23 bits per heavy atom. The maximum Gasteiger partial charge on any atom is 0.416 e. The van der Waals surface area contributed by atoms with Crippen LogP contribution in [-0.2, 0) is 16.4 Å². The number of anilines is 1. The van der Waals surface area contributed by atoms with Crippen molar-refractivity contribution in [2.45, 2.75) is 57.2 Å². The molecule has 0 atom stereocenters. The largest absolute Gasteiger partial charge is 0.481 e. The van der Waals surface area contributed by atoms with Crippen LogP contribution in [-0.4, -0.2) is 36.5 Å². The van der Waals surface area contributed by atoms with Crippen molar-refractivity contribution in [3.05, 3.63) is 52.2 Å². The molecule has 2 aromatic rings. The number of nitrogens with zero attached hydrogens (tertiary/aromatic N) is 2. The fourth-order valence-corrected chi connectivity index (χ4v) is 5.08. The highest BCUT2D eigenvalue weighted by Crippen LogP contribution is 2.43. The quantitative estimate of drug-likeness (QED) is 0.588. The van der Waals surface area contributed by atoms with Crippen LogP contribution in [0.4, 0.5) is 18.9 Å². The minimum absolute atomic E-state index is 0.0113. The second-order valence-corrected chi connectivity index (χ2v) is 10.1. The molecule has 6 nitrogen and oxygen atoms in total. The molecule has 1 aliphatic carbocycles. The predicted molar refractivity (Wildman–Crippen MR) is 126 cm³/mol. The number of nitrogens with one attached hydrogen (secondary N) is 1. The molecule has 0 bridgehead atoms. The Kier molecular flexibility index (Phi) is 6.74. The van der Waals surface area contributed by atoms with Gasteiger partial charge in [-0.15, -0.1) is 0 Å². The average Bonchev–Trinajstić information content (AvgIpc) is 2.99. The van der Waals surface area contributed by atoms with Crippen LogP contribution in [0.5, 0.6) is 5.88 Å². The van der Waals surface area contributed by atoms with Crippen LogP contribution in [0, 0.1) is 5.92 Å². The van der Waals surface area contributed by atoms with Crippen LogP contribution < -0.4 is 15.0 Å². The molecule has 2 aliphatic rings. The van der Waals surface area contributed by atoms with Crippen molar-refractivity contribution < 1.29 is 27.5 Å². The van der Waals surface area contributed by atoms with E-state index in [9.17, 15) is 22.8 Å². The van der Waals surface area contributed by atoms with Crippen molar-refractivity contribution in [1.82, 2.24) is 10.3 Å². The summed E-state index contributed by atoms with van der Waals surface area (Å²) in [7, 11) is 1.53. The number of carbonyl (C=O) groups is 2. The minimum Gasteiger partial charge on any atom is -0.481 e. The summed E-state index contributed by atoms with van der Waals surface area (Å²) in [6, 6.07) is 4.34. The lowest BCUT2D eigenvalue weighted by Crippen LogP contribution is -2.42. The summed E-state index contributed by atoms with van der Waals surface area (Å²) in [5, 5.41) is 2.80. The van der Waals surface area contributed by atoms with Gasteiger partial charge < -0.3 is 15.0 Å². The van der Waals surface area contributed by atoms with Gasteiger partial charge in [-0.3, -0.25) is 9.59 Å². The lowest BCUT2D eigenvalue weighted by molar-refractivity contribution is -0.137. The summed E-state index contributed by atoms with van der Waals surface area (Å²) in [6.07, 6.45) is -0.0166. The number of hydrogen-bond acceptors (Lipinski definition) is 4. The van der Waals surface area contributed by atoms with E-state index in [0.717, 1.165) is 42.3 Å². The minimum atomic E-state index is -4.56. The van der Waals surface area contributed by atoms with Crippen molar-refractivity contribution in [1.29, 1.82) is 0 Å². The SMILES string of the molecule is COc1cc2c(cn1)C(C)(C)C(=O)N2CC1CCC(NC(=O)c2cc(C(F)(F)F)ccc2Cl)CC1. The van der Waals surface area contributed by atoms with Crippen LogP contribution in [0.1, 0.15) is 61.0 Å². The van der Waals surface area contributed by atoms with E-state index < -0.39 is 23.1 Å². The topological polar surface area (TPSA) is 71.5 Å². The average molecular weight is 510 g/mol. The standard InChI is InChI=1S/C25H27ClF3N3O3/c1-24(2)18-12-30-21(35-3)11-20(18)32(23(24)34)13-14-4-7-16(8-5-14)31-22(33)17-10-15(25(27,28)29)6-9-19(17)26/h6,9-12,14,16H,4-5,7-8,13H2,1-3H3,(H,31,33). The predicted octanol–water partition coefficient (Wildman–Crippen LogP) is 5.38. The molecule has 1 fully saturated rings. The molecule has 1 aromatic heterocycles. The Bertz CT molecular complexity index is 1140. The number of rotatable bonds is 5. The number of ether oxygens (including phenoxy) is 1. The van der Waals surface area contributed by atoms with Gasteiger partial charge in [0.25, 0.3) is 5.91 Å². The lowest BCUT2D eigenvalue weighted by Gasteiger charge is -2.32. The summed E-state index contributed by atoms with van der Waals surface area (Å²) in [5.41, 5.74) is -0.110. The second kappa shape index (κ2) is 9.33. The van der Waals surface area contributed by atoms with Crippen molar-refractivity contribution in [3.63, 3.8) is 0 Å². The molecule has 4 rings (SSSR count). The van der Waals surface area contributed by atoms with E-state index in [1.807, 2.05) is 13.8 Å². The summed E-state index contributed by atoms with van der Waals surface area (Å²) >= 11 is 6.00. The highest BCUT2D eigenvalue weighted by atomic mass is 35.5. The van der Waals surface area contributed by atoms with Crippen LogP contribution >= 0.6 is 11.6 Å². The molecule has 2 amide bonds. The Morgan fingerprint density at radius 3 is 2.54 bits per heavy atom. The van der Waals surface area contributed by atoms with Gasteiger partial charge in [0.1, 0.15) is 0 Å². The smallest absolute Gasteiger partial charge is 0.416 e. The number of hydrogen-bond donors (Lipinski definition) is 1. The monoisotopic (exact) mass is 509 g/mol. The van der Waals surface area contributed by atoms with Crippen LogP contribution in [0.3, 0.4) is 0 Å². The number of halogens is 4. The van der Waals surface area contributed by atoms with E-state index in [-0.39, 0.29) is 28.5 Å². The zero-order valence-corrected chi connectivity index (χ0v) is 20.5. The van der Waals surface area contributed by atoms with E-state index in [4.69, 9.17) is 16.3 Å². The Labute approximate surface area is 206 Å². The molecule has 1 aliphatic heterocycles. The highest BCUT2D eigenvalue weighted by molar-refractivity contribution is 6.33. The van der Waals surface area contributed by atoms with Gasteiger partial charge >= 0.3 is 6.18 Å². The molecule has 1 N–H and O–H groups in total. The number of alkyl halides is 3. The molecular formula is C25H27ClF3N3O3. The van der Waals surface area contributed by atoms with E-state index in [0.29, 0.717) is 25.3 Å². The molecule has 10 heteroatoms. The summed E-state index contributed by atoms with van der Waals surface area (Å²) < 4.78 is 44.3. The zero-order chi connectivity index (χ0) is 25.5. The number of pyridine rings is 1. The van der Waals surface area contributed by atoms with E-state index in [1.54, 1.807) is 17.2 Å². The number of fused-ring (bicyclic) bond motifs is 1. The van der Waals surface area contributed by atoms with Crippen LogP contribution in [0.15, 0.2) is 30.5 Å². The van der Waals surface area contributed by atoms with Crippen molar-refractivity contribution in [2.75, 3.05) is 18.6 Å². The molecule has 0 spiro atoms. The molecule has 1 saturated carbocycles. The third-order valence-electron chi connectivity index (χ3n) is 6.97. The number of methoxy groups -OCH3 is 1. The summed E-state index contributed by atoms with van der Waals surface area (Å²) in [6.45, 7) is 4.31. The second-order valence-electron chi connectivity index (χ2n) is 9.67. The fourth-order valence-electron chi connectivity index (χ4n) is 4.87. The van der Waals surface area contributed by atoms with Gasteiger partial charge in [0.15, 0.2) is 0 Å². The van der Waals surface area contributed by atoms with E-state index in [1.165, 1.54) is 7.11 Å². The van der Waals surface area contributed by atoms with Crippen LogP contribution in [0.25, 0.3) is 0 Å². The first-order valence-corrected chi connectivity index (χ1v) is 11.8. The first-order chi connectivity index (χ1) is 16.4. The lowest BCUT2D eigenvalue weighted by atomic mass is 9.85. The highest BCUT2D eigenvalue weighted by Gasteiger charge is 2.45. The maximum absolute atomic E-state index is 13.2. The molecular weight excluding hydrogens is 483 g/mol. The van der Waals surface area contributed by atoms with Crippen molar-refractivity contribution in [3.8, 4) is 5.88 Å². The van der Waals surface area contributed by atoms with Crippen molar-refractivity contribution in [2.24, 2.45) is 5.92 Å². The third kappa shape index (κ3) is 4.96. The molecule has 0 unspecified atom stereocenters. The first-order valence-electron chi connectivity index (χ1n) is 11.5. The number of carbonyl (C=O) groups excluding carboxylic acids is 2. The van der Waals surface area contributed by atoms with Gasteiger partial charge in [0.05, 0.1) is 34.4 Å². The number of amides is 2. The molecule has 188 valence electrons. The maximum atomic E-state index is 13.2. The van der Waals surface area contributed by atoms with Gasteiger partial charge in [0.2, 0.25) is 11.8 Å². The number of aromatic nitrogens is 1. The van der Waals surface area contributed by atoms with Gasteiger partial charge in [-0.25, -0.2) is 4.98 Å². The molecule has 0 radical (unpaired) electrons. The van der Waals surface area contributed by atoms with Gasteiger partial charge in [0, 0.05) is 30.4 Å².